The number of rotatable bonds is 4. The summed E-state index contributed by atoms with van der Waals surface area (Å²) in [5.74, 6) is 0.0554. The van der Waals surface area contributed by atoms with E-state index in [2.05, 4.69) is 14.9 Å². The van der Waals surface area contributed by atoms with Crippen LogP contribution in [0.5, 0.6) is 5.75 Å². The lowest BCUT2D eigenvalue weighted by molar-refractivity contribution is 0.467. The molecule has 0 saturated heterocycles. The molecule has 90 valence electrons. The molecule has 0 fully saturated rings. The van der Waals surface area contributed by atoms with Crippen LogP contribution >= 0.6 is 0 Å². The average Bonchev–Trinajstić information content (AvgIpc) is 2.82. The van der Waals surface area contributed by atoms with Crippen LogP contribution in [0.1, 0.15) is 5.56 Å². The summed E-state index contributed by atoms with van der Waals surface area (Å²) in [6.07, 6.45) is 1.36. The Hall–Kier alpha value is -1.86. The van der Waals surface area contributed by atoms with Crippen LogP contribution in [0, 0.1) is 0 Å². The van der Waals surface area contributed by atoms with E-state index in [0.717, 1.165) is 0 Å². The van der Waals surface area contributed by atoms with Gasteiger partial charge >= 0.3 is 0 Å². The second-order valence-electron chi connectivity index (χ2n) is 3.37. The van der Waals surface area contributed by atoms with Gasteiger partial charge in [0.05, 0.1) is 6.20 Å². The van der Waals surface area contributed by atoms with Gasteiger partial charge in [0, 0.05) is 12.1 Å². The molecule has 17 heavy (non-hydrogen) atoms. The highest BCUT2D eigenvalue weighted by molar-refractivity contribution is 7.89. The Kier molecular flexibility index (Phi) is 3.12. The van der Waals surface area contributed by atoms with Gasteiger partial charge in [0.1, 0.15) is 5.75 Å². The minimum Gasteiger partial charge on any atom is -0.508 e. The third kappa shape index (κ3) is 2.63. The second-order valence-corrected chi connectivity index (χ2v) is 5.11. The van der Waals surface area contributed by atoms with E-state index in [1.165, 1.54) is 18.3 Å². The fourth-order valence-electron chi connectivity index (χ4n) is 1.30. The minimum atomic E-state index is -3.61. The van der Waals surface area contributed by atoms with Gasteiger partial charge in [-0.1, -0.05) is 18.2 Å². The summed E-state index contributed by atoms with van der Waals surface area (Å²) >= 11 is 0. The fourth-order valence-corrected chi connectivity index (χ4v) is 2.22. The van der Waals surface area contributed by atoms with Crippen LogP contribution < -0.4 is 4.72 Å². The van der Waals surface area contributed by atoms with Crippen molar-refractivity contribution < 1.29 is 13.5 Å². The number of hydrogen-bond donors (Lipinski definition) is 3. The normalized spacial score (nSPS) is 11.5. The van der Waals surface area contributed by atoms with Crippen LogP contribution in [0.25, 0.3) is 0 Å². The maximum Gasteiger partial charge on any atom is 0.257 e. The molecule has 0 spiro atoms. The highest BCUT2D eigenvalue weighted by atomic mass is 32.2. The second kappa shape index (κ2) is 4.56. The topological polar surface area (TPSA) is 95.1 Å². The van der Waals surface area contributed by atoms with Gasteiger partial charge in [-0.25, -0.2) is 13.1 Å². The van der Waals surface area contributed by atoms with Crippen LogP contribution in [-0.4, -0.2) is 23.7 Å². The maximum absolute atomic E-state index is 11.7. The van der Waals surface area contributed by atoms with Crippen molar-refractivity contribution in [3.63, 3.8) is 0 Å². The van der Waals surface area contributed by atoms with Crippen molar-refractivity contribution in [2.24, 2.45) is 0 Å². The van der Waals surface area contributed by atoms with E-state index in [9.17, 15) is 13.5 Å². The molecular formula is C10H11N3O3S. The molecular weight excluding hydrogens is 242 g/mol. The predicted octanol–water partition coefficient (Wildman–Crippen LogP) is 0.594. The van der Waals surface area contributed by atoms with Gasteiger partial charge in [-0.05, 0) is 12.1 Å². The summed E-state index contributed by atoms with van der Waals surface area (Å²) in [4.78, 5) is 0. The van der Waals surface area contributed by atoms with Crippen LogP contribution in [0.4, 0.5) is 0 Å². The molecule has 1 aromatic heterocycles. The molecule has 1 aromatic carbocycles. The summed E-state index contributed by atoms with van der Waals surface area (Å²) in [5, 5.41) is 15.4. The Morgan fingerprint density at radius 3 is 2.71 bits per heavy atom. The number of aromatic amines is 1. The van der Waals surface area contributed by atoms with E-state index in [0.29, 0.717) is 5.56 Å². The Morgan fingerprint density at radius 1 is 1.29 bits per heavy atom. The quantitative estimate of drug-likeness (QED) is 0.743. The Balaban J connectivity index is 2.12. The molecule has 3 N–H and O–H groups in total. The first-order chi connectivity index (χ1) is 8.09. The molecule has 2 aromatic rings. The largest absolute Gasteiger partial charge is 0.508 e. The van der Waals surface area contributed by atoms with Crippen molar-refractivity contribution in [2.45, 2.75) is 11.6 Å². The van der Waals surface area contributed by atoms with Crippen LogP contribution in [-0.2, 0) is 16.6 Å². The van der Waals surface area contributed by atoms with E-state index in [-0.39, 0.29) is 17.3 Å². The maximum atomic E-state index is 11.7. The van der Waals surface area contributed by atoms with Gasteiger partial charge in [0.15, 0.2) is 5.03 Å². The molecule has 0 radical (unpaired) electrons. The molecule has 2 rings (SSSR count). The number of phenolic OH excluding ortho intramolecular Hbond substituents is 1. The number of aromatic nitrogens is 2. The van der Waals surface area contributed by atoms with E-state index >= 15 is 0 Å². The molecule has 1 heterocycles. The molecule has 6 nitrogen and oxygen atoms in total. The molecule has 0 atom stereocenters. The zero-order valence-electron chi connectivity index (χ0n) is 8.79. The smallest absolute Gasteiger partial charge is 0.257 e. The molecule has 0 unspecified atom stereocenters. The van der Waals surface area contributed by atoms with E-state index in [1.54, 1.807) is 18.2 Å². The number of hydrogen-bond acceptors (Lipinski definition) is 4. The van der Waals surface area contributed by atoms with Gasteiger partial charge in [-0.2, -0.15) is 5.10 Å². The first kappa shape index (κ1) is 11.6. The molecule has 0 saturated carbocycles. The number of sulfonamides is 1. The molecule has 0 aliphatic heterocycles. The summed E-state index contributed by atoms with van der Waals surface area (Å²) in [5.41, 5.74) is 0.510. The lowest BCUT2D eigenvalue weighted by atomic mass is 10.2. The number of nitrogens with zero attached hydrogens (tertiary/aromatic N) is 1. The number of phenols is 1. The Labute approximate surface area is 98.4 Å². The van der Waals surface area contributed by atoms with Crippen molar-refractivity contribution >= 4 is 10.0 Å². The van der Waals surface area contributed by atoms with Gasteiger partial charge < -0.3 is 5.11 Å². The lowest BCUT2D eigenvalue weighted by Crippen LogP contribution is -2.23. The Morgan fingerprint density at radius 2 is 2.06 bits per heavy atom. The highest BCUT2D eigenvalue weighted by Gasteiger charge is 2.15. The van der Waals surface area contributed by atoms with Crippen molar-refractivity contribution in [1.29, 1.82) is 0 Å². The van der Waals surface area contributed by atoms with Crippen LogP contribution in [0.2, 0.25) is 0 Å². The number of benzene rings is 1. The van der Waals surface area contributed by atoms with Crippen molar-refractivity contribution in [3.05, 3.63) is 42.1 Å². The summed E-state index contributed by atoms with van der Waals surface area (Å²) in [6.45, 7) is 0.0219. The zero-order chi connectivity index (χ0) is 12.3. The lowest BCUT2D eigenvalue weighted by Gasteiger charge is -2.06. The van der Waals surface area contributed by atoms with Crippen molar-refractivity contribution in [1.82, 2.24) is 14.9 Å². The summed E-state index contributed by atoms with van der Waals surface area (Å²) in [7, 11) is -3.61. The highest BCUT2D eigenvalue weighted by Crippen LogP contribution is 2.15. The SMILES string of the molecule is O=S(=O)(NCc1ccccc1O)c1ccn[nH]1. The fraction of sp³-hybridized carbons (Fsp3) is 0.100. The summed E-state index contributed by atoms with van der Waals surface area (Å²) in [6, 6.07) is 7.89. The summed E-state index contributed by atoms with van der Waals surface area (Å²) < 4.78 is 25.8. The van der Waals surface area contributed by atoms with E-state index in [4.69, 9.17) is 0 Å². The van der Waals surface area contributed by atoms with Crippen molar-refractivity contribution in [2.75, 3.05) is 0 Å². The van der Waals surface area contributed by atoms with Crippen LogP contribution in [0.3, 0.4) is 0 Å². The molecule has 0 bridgehead atoms. The number of aromatic hydroxyl groups is 1. The standard InChI is InChI=1S/C10H11N3O3S/c14-9-4-2-1-3-8(9)7-12-17(15,16)10-5-6-11-13-10/h1-6,12,14H,7H2,(H,11,13). The van der Waals surface area contributed by atoms with Gasteiger partial charge in [0.2, 0.25) is 0 Å². The van der Waals surface area contributed by atoms with E-state index < -0.39 is 10.0 Å². The van der Waals surface area contributed by atoms with Crippen molar-refractivity contribution in [3.8, 4) is 5.75 Å². The third-order valence-electron chi connectivity index (χ3n) is 2.21. The molecule has 0 aliphatic carbocycles. The van der Waals surface area contributed by atoms with Gasteiger partial charge in [0.25, 0.3) is 10.0 Å². The van der Waals surface area contributed by atoms with E-state index in [1.807, 2.05) is 0 Å². The molecule has 0 amide bonds. The predicted molar refractivity (Wildman–Crippen MR) is 60.7 cm³/mol. The number of para-hydroxylation sites is 1. The third-order valence-corrected chi connectivity index (χ3v) is 3.54. The first-order valence-corrected chi connectivity index (χ1v) is 6.34. The minimum absolute atomic E-state index is 0.00655. The van der Waals surface area contributed by atoms with Gasteiger partial charge in [-0.15, -0.1) is 0 Å². The van der Waals surface area contributed by atoms with Crippen LogP contribution in [0.15, 0.2) is 41.6 Å². The molecule has 0 aliphatic rings. The number of nitrogens with one attached hydrogen (secondary N) is 2. The zero-order valence-corrected chi connectivity index (χ0v) is 9.61. The van der Waals surface area contributed by atoms with Gasteiger partial charge in [-0.3, -0.25) is 5.10 Å². The molecule has 7 heteroatoms. The average molecular weight is 253 g/mol. The first-order valence-electron chi connectivity index (χ1n) is 4.85. The number of H-pyrrole nitrogens is 1. The monoisotopic (exact) mass is 253 g/mol. The Bertz CT molecular complexity index is 593.